The predicted molar refractivity (Wildman–Crippen MR) is 147 cm³/mol. The Bertz CT molecular complexity index is 1060. The summed E-state index contributed by atoms with van der Waals surface area (Å²) in [7, 11) is 4.40. The van der Waals surface area contributed by atoms with Crippen LogP contribution in [0, 0.1) is 0 Å². The Labute approximate surface area is 226 Å². The Morgan fingerprint density at radius 1 is 1.03 bits per heavy atom. The fraction of sp³-hybridized carbons (Fsp3) is 0.444. The van der Waals surface area contributed by atoms with Crippen LogP contribution in [-0.2, 0) is 23.9 Å². The van der Waals surface area contributed by atoms with Crippen molar-refractivity contribution in [3.05, 3.63) is 59.7 Å². The van der Waals surface area contributed by atoms with Gasteiger partial charge in [-0.2, -0.15) is 0 Å². The number of hydrogen-bond acceptors (Lipinski definition) is 8. The maximum atomic E-state index is 13.0. The number of hydrogen-bond donors (Lipinski definition) is 1. The zero-order valence-electron chi connectivity index (χ0n) is 21.8. The minimum absolute atomic E-state index is 0.0524. The molecule has 0 aliphatic heterocycles. The van der Waals surface area contributed by atoms with E-state index in [4.69, 9.17) is 14.3 Å². The van der Waals surface area contributed by atoms with Crippen LogP contribution in [-0.4, -0.2) is 60.0 Å². The summed E-state index contributed by atoms with van der Waals surface area (Å²) in [5.41, 5.74) is 4.45. The van der Waals surface area contributed by atoms with Gasteiger partial charge in [0.15, 0.2) is 6.73 Å². The molecule has 0 aromatic heterocycles. The van der Waals surface area contributed by atoms with Gasteiger partial charge in [-0.25, -0.2) is 9.59 Å². The lowest BCUT2D eigenvalue weighted by molar-refractivity contribution is -0.214. The van der Waals surface area contributed by atoms with Crippen LogP contribution in [0.1, 0.15) is 51.2 Å². The summed E-state index contributed by atoms with van der Waals surface area (Å²) >= 11 is 0. The number of fused-ring (bicyclic) bond motifs is 3. The molecule has 8 nitrogen and oxygen atoms in total. The number of nitrogens with zero attached hydrogens (tertiary/aromatic N) is 1. The van der Waals surface area contributed by atoms with E-state index in [1.807, 2.05) is 36.4 Å². The smallest absolute Gasteiger partial charge is 0.407 e. The fourth-order valence-electron chi connectivity index (χ4n) is 3.84. The lowest BCUT2D eigenvalue weighted by Gasteiger charge is -2.24. The molecule has 0 bridgehead atoms. The Morgan fingerprint density at radius 2 is 1.62 bits per heavy atom. The van der Waals surface area contributed by atoms with E-state index in [0.29, 0.717) is 0 Å². The van der Waals surface area contributed by atoms with Crippen molar-refractivity contribution in [2.75, 3.05) is 26.2 Å². The van der Waals surface area contributed by atoms with E-state index in [0.717, 1.165) is 27.3 Å². The summed E-state index contributed by atoms with van der Waals surface area (Å²) in [5, 5.41) is 3.49. The molecule has 0 fully saturated rings. The Morgan fingerprint density at radius 3 is 2.16 bits per heavy atom. The van der Waals surface area contributed by atoms with Gasteiger partial charge in [0.05, 0.1) is 0 Å². The normalized spacial score (nSPS) is 13.3. The highest BCUT2D eigenvalue weighted by Crippen LogP contribution is 2.44. The first kappa shape index (κ1) is 28.9. The molecule has 37 heavy (non-hydrogen) atoms. The van der Waals surface area contributed by atoms with E-state index in [-0.39, 0.29) is 36.2 Å². The molecule has 0 saturated heterocycles. The Hall–Kier alpha value is -2.69. The van der Waals surface area contributed by atoms with Crippen LogP contribution in [0.4, 0.5) is 4.79 Å². The van der Waals surface area contributed by atoms with Crippen molar-refractivity contribution in [3.63, 3.8) is 0 Å². The molecule has 200 valence electrons. The average Bonchev–Trinajstić information content (AvgIpc) is 3.19. The number of ether oxygens (including phenoxy) is 2. The van der Waals surface area contributed by atoms with Crippen molar-refractivity contribution in [1.29, 1.82) is 0 Å². The number of nitrogens with one attached hydrogen (secondary N) is 1. The van der Waals surface area contributed by atoms with Crippen LogP contribution >= 0.6 is 21.6 Å². The van der Waals surface area contributed by atoms with Gasteiger partial charge in [0.2, 0.25) is 0 Å². The molecule has 0 saturated carbocycles. The van der Waals surface area contributed by atoms with Crippen molar-refractivity contribution in [2.24, 2.45) is 0 Å². The fourth-order valence-corrected chi connectivity index (χ4v) is 6.30. The summed E-state index contributed by atoms with van der Waals surface area (Å²) in [4.78, 5) is 43.2. The zero-order valence-corrected chi connectivity index (χ0v) is 23.4. The van der Waals surface area contributed by atoms with Crippen molar-refractivity contribution in [3.8, 4) is 11.1 Å². The average molecular weight is 547 g/mol. The highest BCUT2D eigenvalue weighted by molar-refractivity contribution is 8.77. The highest BCUT2D eigenvalue weighted by Gasteiger charge is 2.31. The van der Waals surface area contributed by atoms with Gasteiger partial charge in [0, 0.05) is 29.9 Å². The third-order valence-electron chi connectivity index (χ3n) is 5.49. The molecule has 2 aromatic carbocycles. The molecule has 0 heterocycles. The number of amides is 2. The number of rotatable bonds is 10. The summed E-state index contributed by atoms with van der Waals surface area (Å²) in [6.07, 6.45) is -0.597. The third kappa shape index (κ3) is 7.90. The van der Waals surface area contributed by atoms with Gasteiger partial charge in [0.1, 0.15) is 12.6 Å². The van der Waals surface area contributed by atoms with E-state index in [1.54, 1.807) is 17.7 Å². The van der Waals surface area contributed by atoms with Gasteiger partial charge in [-0.15, -0.1) is 5.06 Å². The van der Waals surface area contributed by atoms with Crippen molar-refractivity contribution in [2.45, 2.75) is 50.8 Å². The number of methoxy groups -OCH3 is 1. The van der Waals surface area contributed by atoms with E-state index >= 15 is 0 Å². The van der Waals surface area contributed by atoms with Crippen LogP contribution < -0.4 is 5.32 Å². The van der Waals surface area contributed by atoms with Gasteiger partial charge in [-0.3, -0.25) is 4.79 Å². The first-order valence-electron chi connectivity index (χ1n) is 12.1. The first-order valence-corrected chi connectivity index (χ1v) is 14.4. The van der Waals surface area contributed by atoms with E-state index in [9.17, 15) is 14.4 Å². The molecule has 2 aromatic rings. The number of hydroxylamine groups is 2. The molecular formula is C27H34N2O6S2. The number of carbonyl (C=O) groups excluding carboxylic acids is 3. The molecule has 0 spiro atoms. The van der Waals surface area contributed by atoms with Gasteiger partial charge in [0.25, 0.3) is 5.91 Å². The monoisotopic (exact) mass is 546 g/mol. The van der Waals surface area contributed by atoms with E-state index in [1.165, 1.54) is 17.9 Å². The standard InChI is InChI=1S/C27H34N2O6S2/c1-6-24(30)29(17-33-5)35-25(31)23(16-36-37-27(2,3)4)28-26(32)34-15-22-20-13-9-7-11-18(20)19-12-8-10-14-21(19)22/h7-14,22-23H,6,15-17H2,1-5H3,(H,28,32). The zero-order chi connectivity index (χ0) is 27.0. The third-order valence-corrected chi connectivity index (χ3v) is 8.84. The second-order valence-electron chi connectivity index (χ2n) is 9.46. The maximum absolute atomic E-state index is 13.0. The molecule has 2 amide bonds. The summed E-state index contributed by atoms with van der Waals surface area (Å²) in [5.74, 6) is -1.05. The lowest BCUT2D eigenvalue weighted by atomic mass is 9.98. The minimum atomic E-state index is -1.03. The second kappa shape index (κ2) is 13.2. The van der Waals surface area contributed by atoms with Crippen molar-refractivity contribution < 1.29 is 28.7 Å². The number of carbonyl (C=O) groups is 3. The Kier molecular flexibility index (Phi) is 10.3. The SMILES string of the molecule is CCC(=O)N(COC)OC(=O)C(CSSC(C)(C)C)NC(=O)OCC1c2ccccc2-c2ccccc21. The Balaban J connectivity index is 1.68. The molecule has 1 aliphatic rings. The molecule has 1 aliphatic carbocycles. The molecule has 10 heteroatoms. The van der Waals surface area contributed by atoms with Gasteiger partial charge < -0.3 is 19.6 Å². The van der Waals surface area contributed by atoms with Crippen molar-refractivity contribution in [1.82, 2.24) is 10.4 Å². The van der Waals surface area contributed by atoms with Crippen molar-refractivity contribution >= 4 is 39.6 Å². The van der Waals surface area contributed by atoms with Gasteiger partial charge in [-0.05, 0) is 22.3 Å². The molecule has 1 atom stereocenters. The summed E-state index contributed by atoms with van der Waals surface area (Å²) < 4.78 is 10.5. The summed E-state index contributed by atoms with van der Waals surface area (Å²) in [6.45, 7) is 7.72. The van der Waals surface area contributed by atoms with Crippen LogP contribution in [0.25, 0.3) is 11.1 Å². The predicted octanol–water partition coefficient (Wildman–Crippen LogP) is 5.37. The quantitative estimate of drug-likeness (QED) is 0.241. The summed E-state index contributed by atoms with van der Waals surface area (Å²) in [6, 6.07) is 15.1. The molecule has 3 rings (SSSR count). The lowest BCUT2D eigenvalue weighted by Crippen LogP contribution is -2.47. The molecule has 0 radical (unpaired) electrons. The number of alkyl carbamates (subject to hydrolysis) is 1. The van der Waals surface area contributed by atoms with E-state index < -0.39 is 24.0 Å². The highest BCUT2D eigenvalue weighted by atomic mass is 33.1. The first-order chi connectivity index (χ1) is 17.6. The molecular weight excluding hydrogens is 512 g/mol. The largest absolute Gasteiger partial charge is 0.449 e. The van der Waals surface area contributed by atoms with Gasteiger partial charge >= 0.3 is 12.1 Å². The molecule has 1 N–H and O–H groups in total. The van der Waals surface area contributed by atoms with Gasteiger partial charge in [-0.1, -0.05) is 97.8 Å². The molecule has 1 unspecified atom stereocenters. The van der Waals surface area contributed by atoms with Crippen LogP contribution in [0.5, 0.6) is 0 Å². The van der Waals surface area contributed by atoms with Crippen LogP contribution in [0.3, 0.4) is 0 Å². The minimum Gasteiger partial charge on any atom is -0.449 e. The van der Waals surface area contributed by atoms with E-state index in [2.05, 4.69) is 38.2 Å². The maximum Gasteiger partial charge on any atom is 0.407 e. The second-order valence-corrected chi connectivity index (χ2v) is 12.6. The number of benzene rings is 2. The van der Waals surface area contributed by atoms with Crippen LogP contribution in [0.2, 0.25) is 0 Å². The van der Waals surface area contributed by atoms with Crippen LogP contribution in [0.15, 0.2) is 48.5 Å². The topological polar surface area (TPSA) is 94.2 Å².